The van der Waals surface area contributed by atoms with Gasteiger partial charge in [-0.05, 0) is 36.3 Å². The minimum absolute atomic E-state index is 1.33. The average molecular weight is 479 g/mol. The van der Waals surface area contributed by atoms with Crippen molar-refractivity contribution in [3.8, 4) is 0 Å². The molecule has 0 radical (unpaired) electrons. The summed E-state index contributed by atoms with van der Waals surface area (Å²) in [5.74, 6) is 0. The van der Waals surface area contributed by atoms with Crippen LogP contribution in [0.2, 0.25) is 36.3 Å². The first-order valence-electron chi connectivity index (χ1n) is 14.5. The zero-order valence-electron chi connectivity index (χ0n) is 22.9. The Labute approximate surface area is 205 Å². The molecule has 1 aliphatic heterocycles. The fraction of sp³-hybridized carbons (Fsp3) is 0.857. The number of rotatable bonds is 20. The van der Waals surface area contributed by atoms with Gasteiger partial charge in [-0.25, -0.2) is 0 Å². The van der Waals surface area contributed by atoms with E-state index in [-0.39, 0.29) is 0 Å². The summed E-state index contributed by atoms with van der Waals surface area (Å²) >= 11 is 0. The molecule has 2 nitrogen and oxygen atoms in total. The third kappa shape index (κ3) is 9.04. The minimum Gasteiger partial charge on any atom is -0.378 e. The second-order valence-corrected chi connectivity index (χ2v) is 19.4. The maximum absolute atomic E-state index is 2.79. The lowest BCUT2D eigenvalue weighted by Crippen LogP contribution is -2.52. The van der Waals surface area contributed by atoms with Crippen LogP contribution in [0.4, 0.5) is 0 Å². The van der Waals surface area contributed by atoms with Gasteiger partial charge in [0.25, 0.3) is 0 Å². The summed E-state index contributed by atoms with van der Waals surface area (Å²) in [5, 5.41) is 0. The van der Waals surface area contributed by atoms with Crippen molar-refractivity contribution in [3.63, 3.8) is 0 Å². The molecule has 1 aliphatic rings. The van der Waals surface area contributed by atoms with Gasteiger partial charge in [0.15, 0.2) is 16.5 Å². The van der Waals surface area contributed by atoms with Gasteiger partial charge in [0, 0.05) is 24.8 Å². The van der Waals surface area contributed by atoms with Gasteiger partial charge in [-0.1, -0.05) is 119 Å². The first-order chi connectivity index (χ1) is 15.6. The largest absolute Gasteiger partial charge is 0.378 e. The molecule has 0 N–H and O–H groups in total. The monoisotopic (exact) mass is 478 g/mol. The van der Waals surface area contributed by atoms with Crippen molar-refractivity contribution in [3.05, 3.63) is 24.8 Å². The number of hydrogen-bond donors (Lipinski definition) is 0. The molecule has 188 valence electrons. The molecule has 0 atom stereocenters. The summed E-state index contributed by atoms with van der Waals surface area (Å²) in [5.41, 5.74) is 0. The predicted octanol–water partition coefficient (Wildman–Crippen LogP) is 10.2. The third-order valence-electron chi connectivity index (χ3n) is 7.85. The van der Waals surface area contributed by atoms with Gasteiger partial charge in [0.05, 0.1) is 0 Å². The van der Waals surface area contributed by atoms with Crippen LogP contribution in [-0.2, 0) is 0 Å². The molecule has 1 heterocycles. The normalized spacial score (nSPS) is 14.6. The molecule has 0 bridgehead atoms. The highest BCUT2D eigenvalue weighted by Crippen LogP contribution is 2.37. The van der Waals surface area contributed by atoms with Gasteiger partial charge >= 0.3 is 0 Å². The molecule has 4 heteroatoms. The Kier molecular flexibility index (Phi) is 15.7. The second kappa shape index (κ2) is 17.0. The van der Waals surface area contributed by atoms with Crippen molar-refractivity contribution in [1.29, 1.82) is 0 Å². The van der Waals surface area contributed by atoms with Crippen LogP contribution >= 0.6 is 0 Å². The van der Waals surface area contributed by atoms with Crippen LogP contribution in [0.15, 0.2) is 24.8 Å². The van der Waals surface area contributed by atoms with E-state index < -0.39 is 16.5 Å². The summed E-state index contributed by atoms with van der Waals surface area (Å²) in [6.07, 6.45) is 26.7. The first-order valence-corrected chi connectivity index (χ1v) is 19.6. The van der Waals surface area contributed by atoms with Crippen molar-refractivity contribution in [2.24, 2.45) is 0 Å². The Bertz CT molecular complexity index is 416. The number of nitrogens with zero attached hydrogens (tertiary/aromatic N) is 2. The molecule has 0 saturated heterocycles. The average Bonchev–Trinajstić information content (AvgIpc) is 2.84. The number of unbranched alkanes of at least 4 members (excludes halogenated alkanes) is 6. The van der Waals surface area contributed by atoms with E-state index in [0.29, 0.717) is 0 Å². The van der Waals surface area contributed by atoms with E-state index in [1.165, 1.54) is 113 Å². The predicted molar refractivity (Wildman–Crippen MR) is 152 cm³/mol. The second-order valence-electron chi connectivity index (χ2n) is 10.5. The van der Waals surface area contributed by atoms with Crippen molar-refractivity contribution >= 4 is 16.5 Å². The molecule has 1 rings (SSSR count). The van der Waals surface area contributed by atoms with Gasteiger partial charge in [0.2, 0.25) is 0 Å². The Balaban J connectivity index is 3.17. The summed E-state index contributed by atoms with van der Waals surface area (Å²) < 4.78 is 5.59. The fourth-order valence-electron chi connectivity index (χ4n) is 5.58. The van der Waals surface area contributed by atoms with Crippen molar-refractivity contribution in [2.45, 2.75) is 155 Å². The Morgan fingerprint density at radius 2 is 0.562 bits per heavy atom. The Morgan fingerprint density at radius 3 is 0.719 bits per heavy atom. The number of hydrogen-bond acceptors (Lipinski definition) is 2. The van der Waals surface area contributed by atoms with Crippen LogP contribution < -0.4 is 0 Å². The van der Waals surface area contributed by atoms with Crippen molar-refractivity contribution in [1.82, 2.24) is 9.13 Å². The van der Waals surface area contributed by atoms with E-state index in [0.717, 1.165) is 0 Å². The van der Waals surface area contributed by atoms with Crippen LogP contribution in [0.5, 0.6) is 0 Å². The first kappa shape index (κ1) is 29.5. The summed E-state index contributed by atoms with van der Waals surface area (Å²) in [7, 11) is -2.95. The van der Waals surface area contributed by atoms with E-state index >= 15 is 0 Å². The lowest BCUT2D eigenvalue weighted by Gasteiger charge is -2.46. The van der Waals surface area contributed by atoms with Crippen molar-refractivity contribution in [2.75, 3.05) is 0 Å². The quantitative estimate of drug-likeness (QED) is 0.160. The van der Waals surface area contributed by atoms with Gasteiger partial charge in [-0.15, -0.1) is 0 Å². The zero-order chi connectivity index (χ0) is 23.7. The van der Waals surface area contributed by atoms with Crippen LogP contribution in [0.25, 0.3) is 0 Å². The molecule has 0 saturated carbocycles. The van der Waals surface area contributed by atoms with Gasteiger partial charge in [-0.3, -0.25) is 0 Å². The summed E-state index contributed by atoms with van der Waals surface area (Å²) in [6, 6.07) is 8.85. The van der Waals surface area contributed by atoms with Crippen LogP contribution in [0.1, 0.15) is 119 Å². The van der Waals surface area contributed by atoms with Gasteiger partial charge in [-0.2, -0.15) is 0 Å². The van der Waals surface area contributed by atoms with E-state index in [1.54, 1.807) is 0 Å². The van der Waals surface area contributed by atoms with E-state index in [2.05, 4.69) is 75.5 Å². The van der Waals surface area contributed by atoms with Crippen LogP contribution in [0, 0.1) is 0 Å². The van der Waals surface area contributed by atoms with Crippen LogP contribution in [-0.4, -0.2) is 25.6 Å². The van der Waals surface area contributed by atoms with E-state index in [1.807, 2.05) is 0 Å². The fourth-order valence-corrected chi connectivity index (χ4v) is 16.2. The molecule has 32 heavy (non-hydrogen) atoms. The highest BCUT2D eigenvalue weighted by molar-refractivity contribution is 6.78. The topological polar surface area (TPSA) is 6.48 Å². The lowest BCUT2D eigenvalue weighted by atomic mass is 10.4. The Morgan fingerprint density at radius 1 is 0.375 bits per heavy atom. The molecule has 0 spiro atoms. The summed E-state index contributed by atoms with van der Waals surface area (Å²) in [6.45, 7) is 14.2. The maximum Gasteiger partial charge on any atom is 0.161 e. The smallest absolute Gasteiger partial charge is 0.161 e. The van der Waals surface area contributed by atoms with Crippen molar-refractivity contribution < 1.29 is 0 Å². The Hall–Kier alpha value is -0.486. The molecular formula is C28H58N2Si2. The van der Waals surface area contributed by atoms with E-state index in [4.69, 9.17) is 0 Å². The molecule has 0 fully saturated rings. The van der Waals surface area contributed by atoms with Crippen LogP contribution in [0.3, 0.4) is 0 Å². The highest BCUT2D eigenvalue weighted by atomic mass is 28.3. The van der Waals surface area contributed by atoms with Gasteiger partial charge < -0.3 is 9.13 Å². The SMILES string of the molecule is CCCC[Si](CCCC)(CCCC)N1C=CN([Si](CCCC)(CCCC)CCCC)C=C1. The zero-order valence-corrected chi connectivity index (χ0v) is 24.9. The molecule has 0 unspecified atom stereocenters. The standard InChI is InChI=1S/C28H58N2Si2/c1-7-13-23-31(24-14-8-2,25-15-9-3)29-19-21-30(22-20-29)32(26-16-10-4,27-17-11-5)28-18-12-6/h19-22H,7-18,23-28H2,1-6H3. The molecule has 0 aromatic rings. The minimum atomic E-state index is -1.47. The van der Waals surface area contributed by atoms with Gasteiger partial charge in [0.1, 0.15) is 0 Å². The molecule has 0 amide bonds. The third-order valence-corrected chi connectivity index (χ3v) is 18.3. The molecule has 0 aromatic carbocycles. The molecule has 0 aliphatic carbocycles. The molecule has 0 aromatic heterocycles. The maximum atomic E-state index is 2.79. The lowest BCUT2D eigenvalue weighted by molar-refractivity contribution is 0.585. The summed E-state index contributed by atoms with van der Waals surface area (Å²) in [4.78, 5) is 0. The molecular weight excluding hydrogens is 420 g/mol. The highest BCUT2D eigenvalue weighted by Gasteiger charge is 2.40. The van der Waals surface area contributed by atoms with E-state index in [9.17, 15) is 0 Å².